The van der Waals surface area contributed by atoms with Gasteiger partial charge in [-0.05, 0) is 31.0 Å². The summed E-state index contributed by atoms with van der Waals surface area (Å²) in [4.78, 5) is 5.87. The van der Waals surface area contributed by atoms with Crippen LogP contribution in [0.15, 0.2) is 29.6 Å². The first-order chi connectivity index (χ1) is 10.3. The van der Waals surface area contributed by atoms with Crippen molar-refractivity contribution < 1.29 is 4.74 Å². The van der Waals surface area contributed by atoms with Gasteiger partial charge in [0.1, 0.15) is 5.75 Å². The number of rotatable bonds is 3. The molecule has 1 aliphatic rings. The van der Waals surface area contributed by atoms with Gasteiger partial charge in [-0.1, -0.05) is 0 Å². The monoisotopic (exact) mass is 295 g/mol. The third kappa shape index (κ3) is 1.99. The zero-order valence-corrected chi connectivity index (χ0v) is 12.4. The Morgan fingerprint density at radius 3 is 2.90 bits per heavy atom. The van der Waals surface area contributed by atoms with E-state index in [0.29, 0.717) is 11.6 Å². The molecule has 0 atom stereocenters. The highest BCUT2D eigenvalue weighted by Crippen LogP contribution is 2.43. The predicted molar refractivity (Wildman–Crippen MR) is 82.6 cm³/mol. The third-order valence-electron chi connectivity index (χ3n) is 3.76. The average Bonchev–Trinajstić information content (AvgIpc) is 3.12. The van der Waals surface area contributed by atoms with Crippen molar-refractivity contribution >= 4 is 22.4 Å². The lowest BCUT2D eigenvalue weighted by Crippen LogP contribution is -1.96. The first-order valence-corrected chi connectivity index (χ1v) is 7.73. The van der Waals surface area contributed by atoms with Crippen molar-refractivity contribution in [3.63, 3.8) is 0 Å². The number of benzene rings is 1. The van der Waals surface area contributed by atoms with Gasteiger partial charge in [0.05, 0.1) is 34.7 Å². The Morgan fingerprint density at radius 1 is 1.38 bits per heavy atom. The molecule has 5 heteroatoms. The van der Waals surface area contributed by atoms with E-state index >= 15 is 0 Å². The average molecular weight is 295 g/mol. The van der Waals surface area contributed by atoms with Crippen molar-refractivity contribution in [1.82, 2.24) is 9.55 Å². The second-order valence-electron chi connectivity index (χ2n) is 5.20. The summed E-state index contributed by atoms with van der Waals surface area (Å²) in [6, 6.07) is 10.5. The number of nitrogens with zero attached hydrogens (tertiary/aromatic N) is 3. The highest BCUT2D eigenvalue weighted by Gasteiger charge is 2.29. The molecule has 0 aliphatic heterocycles. The summed E-state index contributed by atoms with van der Waals surface area (Å²) in [5.74, 6) is 1.85. The minimum atomic E-state index is 0.533. The van der Waals surface area contributed by atoms with Gasteiger partial charge in [-0.15, -0.1) is 11.3 Å². The zero-order valence-electron chi connectivity index (χ0n) is 11.5. The van der Waals surface area contributed by atoms with Crippen LogP contribution in [-0.2, 0) is 0 Å². The minimum absolute atomic E-state index is 0.533. The molecule has 0 bridgehead atoms. The maximum absolute atomic E-state index is 9.05. The van der Waals surface area contributed by atoms with E-state index in [2.05, 4.69) is 10.6 Å². The molecule has 104 valence electrons. The van der Waals surface area contributed by atoms with Gasteiger partial charge in [0.15, 0.2) is 5.82 Å². The molecule has 1 aromatic carbocycles. The Labute approximate surface area is 126 Å². The number of hydrogen-bond acceptors (Lipinski definition) is 4. The SMILES string of the molecule is COc1csc(-c2nc3cc(C#N)ccc3n2C2CC2)c1. The molecule has 2 aromatic heterocycles. The summed E-state index contributed by atoms with van der Waals surface area (Å²) in [6.07, 6.45) is 2.39. The molecule has 0 saturated heterocycles. The van der Waals surface area contributed by atoms with Crippen molar-refractivity contribution in [2.75, 3.05) is 7.11 Å². The summed E-state index contributed by atoms with van der Waals surface area (Å²) in [7, 11) is 1.68. The summed E-state index contributed by atoms with van der Waals surface area (Å²) < 4.78 is 7.58. The molecule has 0 unspecified atom stereocenters. The van der Waals surface area contributed by atoms with Gasteiger partial charge in [-0.3, -0.25) is 0 Å². The summed E-state index contributed by atoms with van der Waals surface area (Å²) in [5, 5.41) is 11.0. The van der Waals surface area contributed by atoms with Crippen LogP contribution in [0.4, 0.5) is 0 Å². The van der Waals surface area contributed by atoms with Crippen molar-refractivity contribution in [3.05, 3.63) is 35.2 Å². The number of aromatic nitrogens is 2. The van der Waals surface area contributed by atoms with Crippen molar-refractivity contribution in [1.29, 1.82) is 5.26 Å². The van der Waals surface area contributed by atoms with Crippen LogP contribution in [0, 0.1) is 11.3 Å². The number of thiophene rings is 1. The molecule has 0 N–H and O–H groups in total. The zero-order chi connectivity index (χ0) is 14.4. The first-order valence-electron chi connectivity index (χ1n) is 6.85. The summed E-state index contributed by atoms with van der Waals surface area (Å²) in [6.45, 7) is 0. The van der Waals surface area contributed by atoms with Crippen LogP contribution in [0.1, 0.15) is 24.4 Å². The quantitative estimate of drug-likeness (QED) is 0.734. The molecule has 0 amide bonds. The lowest BCUT2D eigenvalue weighted by atomic mass is 10.2. The molecular weight excluding hydrogens is 282 g/mol. The highest BCUT2D eigenvalue weighted by atomic mass is 32.1. The summed E-state index contributed by atoms with van der Waals surface area (Å²) in [5.41, 5.74) is 2.65. The molecule has 1 aliphatic carbocycles. The smallest absolute Gasteiger partial charge is 0.151 e. The van der Waals surface area contributed by atoms with Gasteiger partial charge >= 0.3 is 0 Å². The number of methoxy groups -OCH3 is 1. The summed E-state index contributed by atoms with van der Waals surface area (Å²) >= 11 is 1.64. The molecule has 0 spiro atoms. The molecular formula is C16H13N3OS. The molecule has 21 heavy (non-hydrogen) atoms. The highest BCUT2D eigenvalue weighted by molar-refractivity contribution is 7.13. The van der Waals surface area contributed by atoms with E-state index in [0.717, 1.165) is 27.5 Å². The molecule has 4 nitrogen and oxygen atoms in total. The lowest BCUT2D eigenvalue weighted by Gasteiger charge is -2.05. The van der Waals surface area contributed by atoms with Crippen LogP contribution in [0.25, 0.3) is 21.7 Å². The fourth-order valence-corrected chi connectivity index (χ4v) is 3.43. The topological polar surface area (TPSA) is 50.8 Å². The van der Waals surface area contributed by atoms with Gasteiger partial charge in [0.2, 0.25) is 0 Å². The lowest BCUT2D eigenvalue weighted by molar-refractivity contribution is 0.417. The van der Waals surface area contributed by atoms with Crippen LogP contribution in [0.2, 0.25) is 0 Å². The van der Waals surface area contributed by atoms with Crippen LogP contribution >= 0.6 is 11.3 Å². The second-order valence-corrected chi connectivity index (χ2v) is 6.11. The van der Waals surface area contributed by atoms with Crippen molar-refractivity contribution in [2.45, 2.75) is 18.9 Å². The Bertz CT molecular complexity index is 867. The van der Waals surface area contributed by atoms with E-state index in [9.17, 15) is 0 Å². The van der Waals surface area contributed by atoms with Crippen LogP contribution in [0.5, 0.6) is 5.75 Å². The Hall–Kier alpha value is -2.32. The number of imidazole rings is 1. The fraction of sp³-hybridized carbons (Fsp3) is 0.250. The fourth-order valence-electron chi connectivity index (χ4n) is 2.59. The molecule has 2 heterocycles. The molecule has 3 aromatic rings. The molecule has 0 radical (unpaired) electrons. The van der Waals surface area contributed by atoms with E-state index < -0.39 is 0 Å². The van der Waals surface area contributed by atoms with Crippen molar-refractivity contribution in [3.8, 4) is 22.5 Å². The minimum Gasteiger partial charge on any atom is -0.496 e. The number of hydrogen-bond donors (Lipinski definition) is 0. The Morgan fingerprint density at radius 2 is 2.24 bits per heavy atom. The van der Waals surface area contributed by atoms with Crippen molar-refractivity contribution in [2.24, 2.45) is 0 Å². The second kappa shape index (κ2) is 4.61. The maximum Gasteiger partial charge on any atom is 0.151 e. The van der Waals surface area contributed by atoms with Gasteiger partial charge < -0.3 is 9.30 Å². The van der Waals surface area contributed by atoms with Gasteiger partial charge in [0.25, 0.3) is 0 Å². The van der Waals surface area contributed by atoms with E-state index in [1.54, 1.807) is 18.4 Å². The van der Waals surface area contributed by atoms with E-state index in [-0.39, 0.29) is 0 Å². The van der Waals surface area contributed by atoms with Crippen LogP contribution < -0.4 is 4.74 Å². The molecule has 4 rings (SSSR count). The molecule has 1 fully saturated rings. The van der Waals surface area contributed by atoms with E-state index in [1.807, 2.05) is 29.6 Å². The van der Waals surface area contributed by atoms with Crippen LogP contribution in [-0.4, -0.2) is 16.7 Å². The number of fused-ring (bicyclic) bond motifs is 1. The molecule has 1 saturated carbocycles. The van der Waals surface area contributed by atoms with Gasteiger partial charge in [-0.25, -0.2) is 4.98 Å². The van der Waals surface area contributed by atoms with E-state index in [4.69, 9.17) is 15.0 Å². The van der Waals surface area contributed by atoms with Crippen LogP contribution in [0.3, 0.4) is 0 Å². The van der Waals surface area contributed by atoms with E-state index in [1.165, 1.54) is 12.8 Å². The Kier molecular flexibility index (Phi) is 2.72. The first kappa shape index (κ1) is 12.4. The largest absolute Gasteiger partial charge is 0.496 e. The number of ether oxygens (including phenoxy) is 1. The van der Waals surface area contributed by atoms with Gasteiger partial charge in [0, 0.05) is 17.5 Å². The maximum atomic E-state index is 9.05. The number of nitriles is 1. The standard InChI is InChI=1S/C16H13N3OS/c1-20-12-7-15(21-9-12)16-18-13-6-10(8-17)2-5-14(13)19(16)11-3-4-11/h2,5-7,9,11H,3-4H2,1H3. The Balaban J connectivity index is 1.94. The normalized spacial score (nSPS) is 14.3. The van der Waals surface area contributed by atoms with Gasteiger partial charge in [-0.2, -0.15) is 5.26 Å². The predicted octanol–water partition coefficient (Wildman–Crippen LogP) is 3.98. The third-order valence-corrected chi connectivity index (χ3v) is 4.67.